The standard InChI is InChI=1S/C18H24N4O2/c1-20(2)14-8-11-21(12-9-14)18(23)17-10-13-22(19-17)15-4-6-16(24-3)7-5-15/h4-7,10,13-14H,8-9,11-12H2,1-3H3. The van der Waals surface area contributed by atoms with Crippen LogP contribution in [0.3, 0.4) is 0 Å². The molecule has 0 N–H and O–H groups in total. The SMILES string of the molecule is COc1ccc(-n2ccc(C(=O)N3CCC(N(C)C)CC3)n2)cc1. The van der Waals surface area contributed by atoms with Crippen molar-refractivity contribution in [3.05, 3.63) is 42.2 Å². The van der Waals surface area contributed by atoms with Crippen LogP contribution < -0.4 is 4.74 Å². The average Bonchev–Trinajstić information content (AvgIpc) is 3.11. The zero-order valence-corrected chi connectivity index (χ0v) is 14.5. The van der Waals surface area contributed by atoms with Crippen LogP contribution in [0.25, 0.3) is 5.69 Å². The van der Waals surface area contributed by atoms with Crippen molar-refractivity contribution in [3.63, 3.8) is 0 Å². The lowest BCUT2D eigenvalue weighted by atomic mass is 10.0. The third kappa shape index (κ3) is 3.43. The molecule has 1 aromatic heterocycles. The normalized spacial score (nSPS) is 15.8. The summed E-state index contributed by atoms with van der Waals surface area (Å²) in [4.78, 5) is 16.8. The molecule has 2 aromatic rings. The highest BCUT2D eigenvalue weighted by Crippen LogP contribution is 2.18. The van der Waals surface area contributed by atoms with Crippen LogP contribution in [0.4, 0.5) is 0 Å². The minimum atomic E-state index is 0.0134. The van der Waals surface area contributed by atoms with E-state index in [0.29, 0.717) is 11.7 Å². The van der Waals surface area contributed by atoms with Gasteiger partial charge >= 0.3 is 0 Å². The van der Waals surface area contributed by atoms with Crippen LogP contribution in [0.2, 0.25) is 0 Å². The van der Waals surface area contributed by atoms with E-state index in [2.05, 4.69) is 24.1 Å². The minimum absolute atomic E-state index is 0.0134. The molecular formula is C18H24N4O2. The van der Waals surface area contributed by atoms with Crippen molar-refractivity contribution in [2.45, 2.75) is 18.9 Å². The highest BCUT2D eigenvalue weighted by atomic mass is 16.5. The summed E-state index contributed by atoms with van der Waals surface area (Å²) in [5.74, 6) is 0.811. The van der Waals surface area contributed by atoms with Gasteiger partial charge in [-0.15, -0.1) is 0 Å². The van der Waals surface area contributed by atoms with Crippen LogP contribution >= 0.6 is 0 Å². The largest absolute Gasteiger partial charge is 0.497 e. The first-order valence-electron chi connectivity index (χ1n) is 8.24. The van der Waals surface area contributed by atoms with E-state index in [9.17, 15) is 4.79 Å². The summed E-state index contributed by atoms with van der Waals surface area (Å²) < 4.78 is 6.88. The molecule has 128 valence electrons. The van der Waals surface area contributed by atoms with Crippen molar-refractivity contribution in [3.8, 4) is 11.4 Å². The second kappa shape index (κ2) is 7.05. The molecule has 0 unspecified atom stereocenters. The number of benzene rings is 1. The van der Waals surface area contributed by atoms with Gasteiger partial charge in [-0.05, 0) is 57.3 Å². The second-order valence-electron chi connectivity index (χ2n) is 6.33. The van der Waals surface area contributed by atoms with E-state index in [-0.39, 0.29) is 5.91 Å². The molecule has 6 nitrogen and oxygen atoms in total. The molecule has 1 saturated heterocycles. The van der Waals surface area contributed by atoms with E-state index in [0.717, 1.165) is 37.4 Å². The molecule has 1 aliphatic rings. The molecule has 0 atom stereocenters. The molecule has 2 heterocycles. The average molecular weight is 328 g/mol. The maximum Gasteiger partial charge on any atom is 0.274 e. The van der Waals surface area contributed by atoms with Crippen molar-refractivity contribution in [1.29, 1.82) is 0 Å². The highest BCUT2D eigenvalue weighted by molar-refractivity contribution is 5.92. The number of ether oxygens (including phenoxy) is 1. The molecule has 0 saturated carbocycles. The van der Waals surface area contributed by atoms with Gasteiger partial charge in [0.1, 0.15) is 5.75 Å². The summed E-state index contributed by atoms with van der Waals surface area (Å²) in [5.41, 5.74) is 1.40. The Hall–Kier alpha value is -2.34. The van der Waals surface area contributed by atoms with E-state index in [1.165, 1.54) is 0 Å². The first-order valence-corrected chi connectivity index (χ1v) is 8.24. The van der Waals surface area contributed by atoms with Gasteiger partial charge in [0.2, 0.25) is 0 Å². The molecule has 0 radical (unpaired) electrons. The Kier molecular flexibility index (Phi) is 4.85. The van der Waals surface area contributed by atoms with E-state index in [4.69, 9.17) is 4.74 Å². The van der Waals surface area contributed by atoms with Crippen molar-refractivity contribution < 1.29 is 9.53 Å². The third-order valence-electron chi connectivity index (χ3n) is 4.63. The number of amides is 1. The van der Waals surface area contributed by atoms with Crippen LogP contribution in [0.1, 0.15) is 23.3 Å². The lowest BCUT2D eigenvalue weighted by Crippen LogP contribution is -2.44. The van der Waals surface area contributed by atoms with Gasteiger partial charge in [0, 0.05) is 25.3 Å². The number of piperidine rings is 1. The van der Waals surface area contributed by atoms with Crippen molar-refractivity contribution in [2.75, 3.05) is 34.3 Å². The Bertz CT molecular complexity index is 685. The van der Waals surface area contributed by atoms with Crippen molar-refractivity contribution in [1.82, 2.24) is 19.6 Å². The topological polar surface area (TPSA) is 50.6 Å². The Morgan fingerprint density at radius 1 is 1.17 bits per heavy atom. The van der Waals surface area contributed by atoms with E-state index in [1.807, 2.05) is 35.4 Å². The maximum absolute atomic E-state index is 12.6. The number of methoxy groups -OCH3 is 1. The van der Waals surface area contributed by atoms with Crippen LogP contribution in [0.15, 0.2) is 36.5 Å². The lowest BCUT2D eigenvalue weighted by Gasteiger charge is -2.34. The smallest absolute Gasteiger partial charge is 0.274 e. The van der Waals surface area contributed by atoms with Crippen molar-refractivity contribution >= 4 is 5.91 Å². The van der Waals surface area contributed by atoms with Crippen LogP contribution in [0.5, 0.6) is 5.75 Å². The molecule has 1 fully saturated rings. The van der Waals surface area contributed by atoms with Gasteiger partial charge in [-0.25, -0.2) is 4.68 Å². The number of hydrogen-bond donors (Lipinski definition) is 0. The monoisotopic (exact) mass is 328 g/mol. The van der Waals surface area contributed by atoms with E-state index in [1.54, 1.807) is 17.9 Å². The van der Waals surface area contributed by atoms with Gasteiger partial charge in [-0.3, -0.25) is 4.79 Å². The predicted molar refractivity (Wildman–Crippen MR) is 92.7 cm³/mol. The fourth-order valence-electron chi connectivity index (χ4n) is 3.06. The molecule has 24 heavy (non-hydrogen) atoms. The number of likely N-dealkylation sites (tertiary alicyclic amines) is 1. The molecule has 0 aliphatic carbocycles. The quantitative estimate of drug-likeness (QED) is 0.862. The van der Waals surface area contributed by atoms with Crippen LogP contribution in [-0.2, 0) is 0 Å². The van der Waals surface area contributed by atoms with Gasteiger partial charge in [-0.1, -0.05) is 0 Å². The fraction of sp³-hybridized carbons (Fsp3) is 0.444. The van der Waals surface area contributed by atoms with Gasteiger partial charge in [0.25, 0.3) is 5.91 Å². The molecule has 1 aliphatic heterocycles. The number of hydrogen-bond acceptors (Lipinski definition) is 4. The number of aromatic nitrogens is 2. The predicted octanol–water partition coefficient (Wildman–Crippen LogP) is 2.05. The van der Waals surface area contributed by atoms with E-state index < -0.39 is 0 Å². The molecule has 0 spiro atoms. The molecular weight excluding hydrogens is 304 g/mol. The first-order chi connectivity index (χ1) is 11.6. The van der Waals surface area contributed by atoms with Crippen LogP contribution in [-0.4, -0.2) is 65.8 Å². The summed E-state index contributed by atoms with van der Waals surface area (Å²) in [6.45, 7) is 1.58. The number of carbonyl (C=O) groups is 1. The molecule has 0 bridgehead atoms. The van der Waals surface area contributed by atoms with Crippen LogP contribution in [0, 0.1) is 0 Å². The molecule has 6 heteroatoms. The van der Waals surface area contributed by atoms with Gasteiger partial charge in [0.05, 0.1) is 12.8 Å². The second-order valence-corrected chi connectivity index (χ2v) is 6.33. The summed E-state index contributed by atoms with van der Waals surface area (Å²) in [5, 5.41) is 4.44. The Labute approximate surface area is 142 Å². The molecule has 3 rings (SSSR count). The maximum atomic E-state index is 12.6. The first kappa shape index (κ1) is 16.5. The Balaban J connectivity index is 1.67. The highest BCUT2D eigenvalue weighted by Gasteiger charge is 2.25. The van der Waals surface area contributed by atoms with E-state index >= 15 is 0 Å². The van der Waals surface area contributed by atoms with Crippen molar-refractivity contribution in [2.24, 2.45) is 0 Å². The Morgan fingerprint density at radius 2 is 1.83 bits per heavy atom. The minimum Gasteiger partial charge on any atom is -0.497 e. The van der Waals surface area contributed by atoms with Gasteiger partial charge in [0.15, 0.2) is 5.69 Å². The Morgan fingerprint density at radius 3 is 2.42 bits per heavy atom. The zero-order chi connectivity index (χ0) is 17.1. The number of carbonyl (C=O) groups excluding carboxylic acids is 1. The van der Waals surface area contributed by atoms with Gasteiger partial charge in [-0.2, -0.15) is 5.10 Å². The third-order valence-corrected chi connectivity index (χ3v) is 4.63. The molecule has 1 amide bonds. The summed E-state index contributed by atoms with van der Waals surface area (Å²) in [7, 11) is 5.83. The fourth-order valence-corrected chi connectivity index (χ4v) is 3.06. The summed E-state index contributed by atoms with van der Waals surface area (Å²) in [6, 6.07) is 9.94. The zero-order valence-electron chi connectivity index (χ0n) is 14.5. The summed E-state index contributed by atoms with van der Waals surface area (Å²) >= 11 is 0. The number of nitrogens with zero attached hydrogens (tertiary/aromatic N) is 4. The van der Waals surface area contributed by atoms with Gasteiger partial charge < -0.3 is 14.5 Å². The number of rotatable bonds is 4. The summed E-state index contributed by atoms with van der Waals surface area (Å²) in [6.07, 6.45) is 3.84. The molecule has 1 aromatic carbocycles. The lowest BCUT2D eigenvalue weighted by molar-refractivity contribution is 0.0657.